The second kappa shape index (κ2) is 9.15. The molecule has 0 unspecified atom stereocenters. The molecular formula is C20H24N2O2S. The van der Waals surface area contributed by atoms with Crippen LogP contribution in [0.25, 0.3) is 0 Å². The van der Waals surface area contributed by atoms with Crippen LogP contribution in [0.2, 0.25) is 0 Å². The zero-order chi connectivity index (χ0) is 17.5. The van der Waals surface area contributed by atoms with Crippen molar-refractivity contribution in [2.45, 2.75) is 9.79 Å². The number of carbonyl (C=O) groups excluding carboxylic acids is 1. The van der Waals surface area contributed by atoms with Gasteiger partial charge in [0.25, 0.3) is 0 Å². The zero-order valence-corrected chi connectivity index (χ0v) is 15.1. The number of aliphatic hydroxyl groups excluding tert-OH is 1. The standard InChI is InChI=1S/C20H24N2O2S/c23-15-14-21-10-12-22(13-11-21)16-20(24)17-6-8-19(9-7-17)25-18-4-2-1-3-5-18/h1-9,23H,10-16H2. The lowest BCUT2D eigenvalue weighted by Gasteiger charge is -2.33. The van der Waals surface area contributed by atoms with Gasteiger partial charge < -0.3 is 5.11 Å². The fourth-order valence-electron chi connectivity index (χ4n) is 2.94. The lowest BCUT2D eigenvalue weighted by molar-refractivity contribution is 0.0822. The summed E-state index contributed by atoms with van der Waals surface area (Å²) in [4.78, 5) is 19.3. The van der Waals surface area contributed by atoms with Crippen LogP contribution in [0, 0.1) is 0 Å². The molecular weight excluding hydrogens is 332 g/mol. The highest BCUT2D eigenvalue weighted by Crippen LogP contribution is 2.27. The molecule has 1 saturated heterocycles. The molecule has 0 aromatic heterocycles. The van der Waals surface area contributed by atoms with E-state index in [-0.39, 0.29) is 12.4 Å². The van der Waals surface area contributed by atoms with Crippen LogP contribution >= 0.6 is 11.8 Å². The maximum atomic E-state index is 12.5. The van der Waals surface area contributed by atoms with E-state index in [1.165, 1.54) is 4.90 Å². The van der Waals surface area contributed by atoms with Crippen molar-refractivity contribution in [3.63, 3.8) is 0 Å². The molecule has 1 aliphatic rings. The Kier molecular flexibility index (Phi) is 6.64. The Morgan fingerprint density at radius 3 is 2.12 bits per heavy atom. The first kappa shape index (κ1) is 18.1. The van der Waals surface area contributed by atoms with Crippen LogP contribution in [-0.2, 0) is 0 Å². The first-order valence-corrected chi connectivity index (χ1v) is 9.48. The number of hydrogen-bond acceptors (Lipinski definition) is 5. The van der Waals surface area contributed by atoms with Crippen molar-refractivity contribution < 1.29 is 9.90 Å². The van der Waals surface area contributed by atoms with Crippen LogP contribution in [0.1, 0.15) is 10.4 Å². The molecule has 3 rings (SSSR count). The molecule has 1 aliphatic heterocycles. The summed E-state index contributed by atoms with van der Waals surface area (Å²) in [6.45, 7) is 5.00. The minimum Gasteiger partial charge on any atom is -0.395 e. The van der Waals surface area contributed by atoms with Crippen molar-refractivity contribution in [1.82, 2.24) is 9.80 Å². The smallest absolute Gasteiger partial charge is 0.176 e. The summed E-state index contributed by atoms with van der Waals surface area (Å²) in [5, 5.41) is 8.98. The number of piperazine rings is 1. The number of benzene rings is 2. The average molecular weight is 356 g/mol. The number of nitrogens with zero attached hydrogens (tertiary/aromatic N) is 2. The van der Waals surface area contributed by atoms with E-state index in [4.69, 9.17) is 5.11 Å². The summed E-state index contributed by atoms with van der Waals surface area (Å²) in [6, 6.07) is 18.1. The first-order valence-electron chi connectivity index (χ1n) is 8.66. The molecule has 0 amide bonds. The van der Waals surface area contributed by atoms with E-state index in [0.29, 0.717) is 6.54 Å². The lowest BCUT2D eigenvalue weighted by Crippen LogP contribution is -2.48. The molecule has 0 bridgehead atoms. The number of carbonyl (C=O) groups is 1. The molecule has 1 N–H and O–H groups in total. The lowest BCUT2D eigenvalue weighted by atomic mass is 10.1. The molecule has 2 aromatic rings. The molecule has 0 atom stereocenters. The number of β-amino-alcohol motifs (C(OH)–C–C–N with tert-alkyl or cyclic N) is 1. The van der Waals surface area contributed by atoms with Gasteiger partial charge in [-0.1, -0.05) is 42.1 Å². The van der Waals surface area contributed by atoms with Gasteiger partial charge in [-0.25, -0.2) is 0 Å². The molecule has 0 saturated carbocycles. The largest absolute Gasteiger partial charge is 0.395 e. The third kappa shape index (κ3) is 5.41. The summed E-state index contributed by atoms with van der Waals surface area (Å²) in [5.41, 5.74) is 0.773. The third-order valence-corrected chi connectivity index (χ3v) is 5.42. The minimum absolute atomic E-state index is 0.173. The maximum absolute atomic E-state index is 12.5. The number of ketones is 1. The van der Waals surface area contributed by atoms with Crippen molar-refractivity contribution in [3.05, 3.63) is 60.2 Å². The zero-order valence-electron chi connectivity index (χ0n) is 14.3. The van der Waals surface area contributed by atoms with E-state index in [9.17, 15) is 4.79 Å². The Balaban J connectivity index is 1.51. The van der Waals surface area contributed by atoms with E-state index in [1.807, 2.05) is 42.5 Å². The Morgan fingerprint density at radius 2 is 1.48 bits per heavy atom. The van der Waals surface area contributed by atoms with Gasteiger partial charge in [-0.2, -0.15) is 0 Å². The van der Waals surface area contributed by atoms with E-state index in [2.05, 4.69) is 21.9 Å². The predicted molar refractivity (Wildman–Crippen MR) is 101 cm³/mol. The van der Waals surface area contributed by atoms with Crippen LogP contribution in [0.15, 0.2) is 64.4 Å². The van der Waals surface area contributed by atoms with Gasteiger partial charge in [0.1, 0.15) is 0 Å². The van der Waals surface area contributed by atoms with Gasteiger partial charge in [-0.15, -0.1) is 0 Å². The van der Waals surface area contributed by atoms with Crippen molar-refractivity contribution in [2.75, 3.05) is 45.9 Å². The average Bonchev–Trinajstić information content (AvgIpc) is 2.65. The normalized spacial score (nSPS) is 16.0. The maximum Gasteiger partial charge on any atom is 0.176 e. The van der Waals surface area contributed by atoms with Gasteiger partial charge in [-0.05, 0) is 24.3 Å². The topological polar surface area (TPSA) is 43.8 Å². The fourth-order valence-corrected chi connectivity index (χ4v) is 3.78. The SMILES string of the molecule is O=C(CN1CCN(CCO)CC1)c1ccc(Sc2ccccc2)cc1. The van der Waals surface area contributed by atoms with Crippen LogP contribution in [0.3, 0.4) is 0 Å². The molecule has 5 heteroatoms. The minimum atomic E-state index is 0.173. The monoisotopic (exact) mass is 356 g/mol. The second-order valence-corrected chi connectivity index (χ2v) is 7.35. The van der Waals surface area contributed by atoms with Crippen molar-refractivity contribution in [3.8, 4) is 0 Å². The van der Waals surface area contributed by atoms with Crippen molar-refractivity contribution in [1.29, 1.82) is 0 Å². The summed E-state index contributed by atoms with van der Waals surface area (Å²) in [6.07, 6.45) is 0. The van der Waals surface area contributed by atoms with Gasteiger partial charge in [0.15, 0.2) is 5.78 Å². The molecule has 2 aromatic carbocycles. The molecule has 0 spiro atoms. The second-order valence-electron chi connectivity index (χ2n) is 6.20. The molecule has 0 aliphatic carbocycles. The number of aliphatic hydroxyl groups is 1. The van der Waals surface area contributed by atoms with E-state index in [1.54, 1.807) is 11.8 Å². The van der Waals surface area contributed by atoms with E-state index < -0.39 is 0 Å². The summed E-state index contributed by atoms with van der Waals surface area (Å²) in [5.74, 6) is 0.173. The van der Waals surface area contributed by atoms with Crippen molar-refractivity contribution in [2.24, 2.45) is 0 Å². The Hall–Kier alpha value is -1.66. The highest BCUT2D eigenvalue weighted by Gasteiger charge is 2.19. The van der Waals surface area contributed by atoms with E-state index in [0.717, 1.165) is 43.2 Å². The molecule has 132 valence electrons. The third-order valence-electron chi connectivity index (χ3n) is 4.40. The molecule has 1 fully saturated rings. The van der Waals surface area contributed by atoms with Gasteiger partial charge in [0.05, 0.1) is 13.2 Å². The summed E-state index contributed by atoms with van der Waals surface area (Å²) < 4.78 is 0. The number of rotatable bonds is 7. The molecule has 4 nitrogen and oxygen atoms in total. The van der Waals surface area contributed by atoms with Gasteiger partial charge in [-0.3, -0.25) is 14.6 Å². The molecule has 25 heavy (non-hydrogen) atoms. The van der Waals surface area contributed by atoms with Gasteiger partial charge in [0, 0.05) is 48.1 Å². The Bertz CT molecular complexity index is 668. The highest BCUT2D eigenvalue weighted by molar-refractivity contribution is 7.99. The highest BCUT2D eigenvalue weighted by atomic mass is 32.2. The quantitative estimate of drug-likeness (QED) is 0.773. The van der Waals surface area contributed by atoms with Crippen LogP contribution < -0.4 is 0 Å². The van der Waals surface area contributed by atoms with Gasteiger partial charge >= 0.3 is 0 Å². The molecule has 1 heterocycles. The summed E-state index contributed by atoms with van der Waals surface area (Å²) >= 11 is 1.70. The Morgan fingerprint density at radius 1 is 0.880 bits per heavy atom. The van der Waals surface area contributed by atoms with Crippen LogP contribution in [0.4, 0.5) is 0 Å². The van der Waals surface area contributed by atoms with Crippen molar-refractivity contribution >= 4 is 17.5 Å². The predicted octanol–water partition coefficient (Wildman–Crippen LogP) is 2.63. The number of Topliss-reactive ketones (excluding diaryl/α,β-unsaturated/α-hetero) is 1. The van der Waals surface area contributed by atoms with E-state index >= 15 is 0 Å². The summed E-state index contributed by atoms with van der Waals surface area (Å²) in [7, 11) is 0. The first-order chi connectivity index (χ1) is 12.2. The Labute approximate surface area is 153 Å². The van der Waals surface area contributed by atoms with Crippen LogP contribution in [0.5, 0.6) is 0 Å². The van der Waals surface area contributed by atoms with Gasteiger partial charge in [0.2, 0.25) is 0 Å². The molecule has 0 radical (unpaired) electrons. The fraction of sp³-hybridized carbons (Fsp3) is 0.350. The number of hydrogen-bond donors (Lipinski definition) is 1. The van der Waals surface area contributed by atoms with Crippen LogP contribution in [-0.4, -0.2) is 66.6 Å².